The van der Waals surface area contributed by atoms with Crippen LogP contribution in [-0.2, 0) is 10.2 Å². The molecule has 0 saturated carbocycles. The fraction of sp³-hybridized carbons (Fsp3) is 0.238. The summed E-state index contributed by atoms with van der Waals surface area (Å²) in [5.41, 5.74) is 3.10. The number of benzene rings is 2. The third kappa shape index (κ3) is 4.51. The summed E-state index contributed by atoms with van der Waals surface area (Å²) in [4.78, 5) is 12.1. The zero-order chi connectivity index (χ0) is 18.6. The average Bonchev–Trinajstić information content (AvgIpc) is 3.09. The fourth-order valence-corrected chi connectivity index (χ4v) is 2.57. The van der Waals surface area contributed by atoms with Crippen LogP contribution in [-0.4, -0.2) is 22.2 Å². The Morgan fingerprint density at radius 3 is 2.35 bits per heavy atom. The van der Waals surface area contributed by atoms with Crippen LogP contribution in [0.5, 0.6) is 0 Å². The number of amides is 1. The molecule has 0 aliphatic heterocycles. The van der Waals surface area contributed by atoms with Crippen molar-refractivity contribution in [2.24, 2.45) is 0 Å². The van der Waals surface area contributed by atoms with Gasteiger partial charge < -0.3 is 10.6 Å². The van der Waals surface area contributed by atoms with Gasteiger partial charge in [0.1, 0.15) is 5.82 Å². The number of nitrogens with one attached hydrogen (secondary N) is 2. The van der Waals surface area contributed by atoms with E-state index in [1.165, 1.54) is 5.56 Å². The molecule has 0 aliphatic rings. The summed E-state index contributed by atoms with van der Waals surface area (Å²) in [6.45, 7) is 6.66. The van der Waals surface area contributed by atoms with Crippen molar-refractivity contribution in [3.63, 3.8) is 0 Å². The highest BCUT2D eigenvalue weighted by molar-refractivity contribution is 5.93. The first-order chi connectivity index (χ1) is 12.4. The molecule has 1 heterocycles. The Kier molecular flexibility index (Phi) is 5.07. The maximum atomic E-state index is 12.1. The van der Waals surface area contributed by atoms with Crippen molar-refractivity contribution >= 4 is 17.4 Å². The monoisotopic (exact) mass is 348 g/mol. The van der Waals surface area contributed by atoms with Crippen LogP contribution < -0.4 is 10.6 Å². The minimum absolute atomic E-state index is 0.0989. The molecule has 0 bridgehead atoms. The highest BCUT2D eigenvalue weighted by Crippen LogP contribution is 2.23. The number of anilines is 2. The number of hydrogen-bond acceptors (Lipinski definition) is 3. The van der Waals surface area contributed by atoms with E-state index in [2.05, 4.69) is 36.5 Å². The topological polar surface area (TPSA) is 59.0 Å². The van der Waals surface area contributed by atoms with Crippen molar-refractivity contribution < 1.29 is 4.79 Å². The highest BCUT2D eigenvalue weighted by Gasteiger charge is 2.13. The molecule has 0 unspecified atom stereocenters. The number of para-hydroxylation sites is 1. The second-order valence-corrected chi connectivity index (χ2v) is 7.21. The Balaban J connectivity index is 1.54. The van der Waals surface area contributed by atoms with Gasteiger partial charge in [0, 0.05) is 18.0 Å². The molecule has 1 aromatic heterocycles. The lowest BCUT2D eigenvalue weighted by Gasteiger charge is -2.19. The van der Waals surface area contributed by atoms with E-state index in [1.54, 1.807) is 4.68 Å². The average molecular weight is 348 g/mol. The first-order valence-corrected chi connectivity index (χ1v) is 8.67. The van der Waals surface area contributed by atoms with Crippen LogP contribution in [0.25, 0.3) is 5.69 Å². The van der Waals surface area contributed by atoms with Gasteiger partial charge in [-0.1, -0.05) is 51.1 Å². The minimum atomic E-state index is -0.109. The zero-order valence-corrected chi connectivity index (χ0v) is 15.4. The third-order valence-corrected chi connectivity index (χ3v) is 4.07. The first-order valence-electron chi connectivity index (χ1n) is 8.67. The van der Waals surface area contributed by atoms with Crippen LogP contribution in [0.15, 0.2) is 66.9 Å². The van der Waals surface area contributed by atoms with E-state index in [0.717, 1.165) is 11.4 Å². The van der Waals surface area contributed by atoms with E-state index < -0.39 is 0 Å². The molecule has 3 aromatic rings. The summed E-state index contributed by atoms with van der Waals surface area (Å²) in [7, 11) is 0. The van der Waals surface area contributed by atoms with Crippen LogP contribution in [0, 0.1) is 0 Å². The molecule has 0 fully saturated rings. The third-order valence-electron chi connectivity index (χ3n) is 4.07. The summed E-state index contributed by atoms with van der Waals surface area (Å²) < 4.78 is 1.77. The molecule has 0 saturated heterocycles. The molecule has 2 N–H and O–H groups in total. The van der Waals surface area contributed by atoms with Gasteiger partial charge in [-0.3, -0.25) is 4.79 Å². The highest BCUT2D eigenvalue weighted by atomic mass is 16.1. The van der Waals surface area contributed by atoms with E-state index >= 15 is 0 Å². The van der Waals surface area contributed by atoms with Gasteiger partial charge in [-0.05, 0) is 35.2 Å². The van der Waals surface area contributed by atoms with Gasteiger partial charge in [0.05, 0.1) is 12.2 Å². The van der Waals surface area contributed by atoms with Crippen LogP contribution in [0.3, 0.4) is 0 Å². The molecular weight excluding hydrogens is 324 g/mol. The van der Waals surface area contributed by atoms with Crippen molar-refractivity contribution in [1.29, 1.82) is 0 Å². The van der Waals surface area contributed by atoms with Gasteiger partial charge >= 0.3 is 0 Å². The van der Waals surface area contributed by atoms with E-state index in [1.807, 2.05) is 66.9 Å². The van der Waals surface area contributed by atoms with Crippen molar-refractivity contribution in [2.75, 3.05) is 17.2 Å². The molecule has 0 atom stereocenters. The number of nitrogens with zero attached hydrogens (tertiary/aromatic N) is 2. The van der Waals surface area contributed by atoms with Crippen molar-refractivity contribution in [1.82, 2.24) is 9.78 Å². The Morgan fingerprint density at radius 1 is 1.00 bits per heavy atom. The van der Waals surface area contributed by atoms with Gasteiger partial charge in [-0.2, -0.15) is 5.10 Å². The van der Waals surface area contributed by atoms with Gasteiger partial charge in [0.25, 0.3) is 0 Å². The maximum absolute atomic E-state index is 12.1. The summed E-state index contributed by atoms with van der Waals surface area (Å²) in [6, 6.07) is 19.6. The Morgan fingerprint density at radius 2 is 1.69 bits per heavy atom. The lowest BCUT2D eigenvalue weighted by molar-refractivity contribution is -0.114. The van der Waals surface area contributed by atoms with Crippen LogP contribution >= 0.6 is 0 Å². The van der Waals surface area contributed by atoms with Crippen molar-refractivity contribution in [3.05, 3.63) is 72.4 Å². The first kappa shape index (κ1) is 17.7. The van der Waals surface area contributed by atoms with Gasteiger partial charge in [0.15, 0.2) is 0 Å². The smallest absolute Gasteiger partial charge is 0.243 e. The fourth-order valence-electron chi connectivity index (χ4n) is 2.57. The van der Waals surface area contributed by atoms with E-state index in [9.17, 15) is 4.79 Å². The second kappa shape index (κ2) is 7.44. The van der Waals surface area contributed by atoms with Crippen molar-refractivity contribution in [2.45, 2.75) is 26.2 Å². The Hall–Kier alpha value is -3.08. The molecular formula is C21H24N4O. The molecule has 2 aromatic carbocycles. The maximum Gasteiger partial charge on any atom is 0.243 e. The van der Waals surface area contributed by atoms with Crippen LogP contribution in [0.1, 0.15) is 26.3 Å². The number of carbonyl (C=O) groups is 1. The van der Waals surface area contributed by atoms with Gasteiger partial charge in [-0.25, -0.2) is 4.68 Å². The zero-order valence-electron chi connectivity index (χ0n) is 15.4. The number of aromatic nitrogens is 2. The Labute approximate surface area is 154 Å². The van der Waals surface area contributed by atoms with Crippen LogP contribution in [0.4, 0.5) is 11.5 Å². The minimum Gasteiger partial charge on any atom is -0.360 e. The number of hydrogen-bond donors (Lipinski definition) is 2. The quantitative estimate of drug-likeness (QED) is 0.726. The van der Waals surface area contributed by atoms with Crippen LogP contribution in [0.2, 0.25) is 0 Å². The molecule has 26 heavy (non-hydrogen) atoms. The summed E-state index contributed by atoms with van der Waals surface area (Å²) >= 11 is 0. The number of carbonyl (C=O) groups excluding carboxylic acids is 1. The summed E-state index contributed by atoms with van der Waals surface area (Å²) in [5.74, 6) is 0.551. The molecule has 5 heteroatoms. The normalized spacial score (nSPS) is 11.2. The van der Waals surface area contributed by atoms with E-state index in [0.29, 0.717) is 5.82 Å². The lowest BCUT2D eigenvalue weighted by Crippen LogP contribution is -2.22. The van der Waals surface area contributed by atoms with Gasteiger partial charge in [-0.15, -0.1) is 0 Å². The lowest BCUT2D eigenvalue weighted by atomic mass is 9.87. The molecule has 5 nitrogen and oxygen atoms in total. The second-order valence-electron chi connectivity index (χ2n) is 7.21. The van der Waals surface area contributed by atoms with E-state index in [-0.39, 0.29) is 17.9 Å². The molecule has 1 amide bonds. The number of rotatable bonds is 5. The predicted molar refractivity (Wildman–Crippen MR) is 106 cm³/mol. The SMILES string of the molecule is CC(C)(C)c1ccc(NC(=O)CNc2ccn(-c3ccccc3)n2)cc1. The predicted octanol–water partition coefficient (Wildman–Crippen LogP) is 4.22. The largest absolute Gasteiger partial charge is 0.360 e. The summed E-state index contributed by atoms with van der Waals surface area (Å²) in [6.07, 6.45) is 1.86. The van der Waals surface area contributed by atoms with Gasteiger partial charge in [0.2, 0.25) is 5.91 Å². The Bertz CT molecular complexity index is 861. The van der Waals surface area contributed by atoms with E-state index in [4.69, 9.17) is 0 Å². The standard InChI is InChI=1S/C21H24N4O/c1-21(2,3)16-9-11-17(12-10-16)23-20(26)15-22-19-13-14-25(24-19)18-7-5-4-6-8-18/h4-14H,15H2,1-3H3,(H,22,24)(H,23,26). The molecule has 0 radical (unpaired) electrons. The molecule has 3 rings (SSSR count). The van der Waals surface area contributed by atoms with Crippen molar-refractivity contribution in [3.8, 4) is 5.69 Å². The molecule has 0 aliphatic carbocycles. The summed E-state index contributed by atoms with van der Waals surface area (Å²) in [5, 5.41) is 10.4. The molecule has 0 spiro atoms. The molecule has 134 valence electrons.